The molecular weight excluding hydrogens is 244 g/mol. The van der Waals surface area contributed by atoms with E-state index in [9.17, 15) is 8.78 Å². The Morgan fingerprint density at radius 2 is 1.95 bits per heavy atom. The number of aromatic nitrogens is 1. The molecule has 0 aromatic carbocycles. The van der Waals surface area contributed by atoms with E-state index in [-0.39, 0.29) is 11.5 Å². The third-order valence-electron chi connectivity index (χ3n) is 4.78. The molecule has 106 valence electrons. The number of rotatable bonds is 4. The van der Waals surface area contributed by atoms with Crippen molar-refractivity contribution in [1.29, 1.82) is 0 Å². The molecule has 1 heterocycles. The summed E-state index contributed by atoms with van der Waals surface area (Å²) >= 11 is 0. The number of nitrogens with zero attached hydrogens (tertiary/aromatic N) is 1. The van der Waals surface area contributed by atoms with Crippen molar-refractivity contribution in [2.45, 2.75) is 58.3 Å². The van der Waals surface area contributed by atoms with Gasteiger partial charge in [-0.25, -0.2) is 8.78 Å². The quantitative estimate of drug-likeness (QED) is 0.717. The molecule has 1 aromatic rings. The second-order valence-corrected chi connectivity index (χ2v) is 5.80. The maximum Gasteiger partial charge on any atom is 0.264 e. The molecule has 0 spiro atoms. The Morgan fingerprint density at radius 3 is 2.53 bits per heavy atom. The smallest absolute Gasteiger partial charge is 0.264 e. The van der Waals surface area contributed by atoms with Gasteiger partial charge >= 0.3 is 0 Å². The summed E-state index contributed by atoms with van der Waals surface area (Å²) in [5, 5.41) is 0. The average Bonchev–Trinajstić information content (AvgIpc) is 2.46. The normalized spacial score (nSPS) is 25.5. The van der Waals surface area contributed by atoms with Gasteiger partial charge in [-0.1, -0.05) is 20.3 Å². The summed E-state index contributed by atoms with van der Waals surface area (Å²) in [4.78, 5) is 4.04. The molecule has 1 aliphatic carbocycles. The maximum atomic E-state index is 13.0. The first kappa shape index (κ1) is 14.4. The van der Waals surface area contributed by atoms with Gasteiger partial charge in [0.15, 0.2) is 0 Å². The Kier molecular flexibility index (Phi) is 4.89. The molecule has 19 heavy (non-hydrogen) atoms. The van der Waals surface area contributed by atoms with Gasteiger partial charge in [0.05, 0.1) is 0 Å². The van der Waals surface area contributed by atoms with Crippen molar-refractivity contribution < 1.29 is 8.78 Å². The Balaban J connectivity index is 2.06. The van der Waals surface area contributed by atoms with Gasteiger partial charge in [-0.05, 0) is 55.1 Å². The lowest BCUT2D eigenvalue weighted by molar-refractivity contribution is 0.148. The molecule has 0 radical (unpaired) electrons. The van der Waals surface area contributed by atoms with Gasteiger partial charge in [-0.3, -0.25) is 4.98 Å². The molecule has 0 aliphatic heterocycles. The number of halogens is 2. The van der Waals surface area contributed by atoms with E-state index in [4.69, 9.17) is 0 Å². The minimum atomic E-state index is -2.38. The lowest BCUT2D eigenvalue weighted by Crippen LogP contribution is -2.19. The predicted octanol–water partition coefficient (Wildman–Crippen LogP) is 5.34. The number of alkyl halides is 2. The van der Waals surface area contributed by atoms with E-state index in [1.54, 1.807) is 6.20 Å². The van der Waals surface area contributed by atoms with Crippen LogP contribution in [0.3, 0.4) is 0 Å². The summed E-state index contributed by atoms with van der Waals surface area (Å²) in [5.41, 5.74) is 0.960. The lowest BCUT2D eigenvalue weighted by atomic mass is 9.73. The van der Waals surface area contributed by atoms with Gasteiger partial charge in [0, 0.05) is 18.0 Å². The van der Waals surface area contributed by atoms with Gasteiger partial charge in [-0.15, -0.1) is 0 Å². The van der Waals surface area contributed by atoms with Crippen LogP contribution in [0.25, 0.3) is 0 Å². The second kappa shape index (κ2) is 6.44. The van der Waals surface area contributed by atoms with Crippen LogP contribution in [0.15, 0.2) is 18.5 Å². The second-order valence-electron chi connectivity index (χ2n) is 5.80. The molecule has 0 N–H and O–H groups in total. The van der Waals surface area contributed by atoms with E-state index in [1.807, 2.05) is 0 Å². The first-order chi connectivity index (χ1) is 9.13. The summed E-state index contributed by atoms with van der Waals surface area (Å²) in [6.07, 6.45) is 6.33. The minimum absolute atomic E-state index is 0.182. The largest absolute Gasteiger partial charge is 0.264 e. The van der Waals surface area contributed by atoms with Crippen molar-refractivity contribution in [3.63, 3.8) is 0 Å². The van der Waals surface area contributed by atoms with Crippen molar-refractivity contribution in [2.75, 3.05) is 0 Å². The molecule has 1 saturated carbocycles. The first-order valence-corrected chi connectivity index (χ1v) is 7.35. The van der Waals surface area contributed by atoms with E-state index < -0.39 is 6.43 Å². The maximum absolute atomic E-state index is 13.0. The molecule has 1 atom stereocenters. The highest BCUT2D eigenvalue weighted by Crippen LogP contribution is 2.41. The molecule has 3 heteroatoms. The number of pyridine rings is 1. The van der Waals surface area contributed by atoms with Crippen molar-refractivity contribution in [1.82, 2.24) is 4.98 Å². The summed E-state index contributed by atoms with van der Waals surface area (Å²) < 4.78 is 26.0. The van der Waals surface area contributed by atoms with Crippen LogP contribution in [0, 0.1) is 11.8 Å². The highest BCUT2D eigenvalue weighted by Gasteiger charge is 2.28. The van der Waals surface area contributed by atoms with E-state index in [2.05, 4.69) is 18.8 Å². The molecular formula is C16H23F2N. The highest BCUT2D eigenvalue weighted by atomic mass is 19.3. The van der Waals surface area contributed by atoms with Gasteiger partial charge in [0.1, 0.15) is 0 Å². The van der Waals surface area contributed by atoms with E-state index >= 15 is 0 Å². The number of hydrogen-bond acceptors (Lipinski definition) is 1. The molecule has 1 aliphatic rings. The van der Waals surface area contributed by atoms with Crippen LogP contribution in [-0.4, -0.2) is 4.98 Å². The van der Waals surface area contributed by atoms with Gasteiger partial charge in [0.2, 0.25) is 0 Å². The first-order valence-electron chi connectivity index (χ1n) is 7.35. The third-order valence-corrected chi connectivity index (χ3v) is 4.78. The predicted molar refractivity (Wildman–Crippen MR) is 73.3 cm³/mol. The van der Waals surface area contributed by atoms with Crippen LogP contribution >= 0.6 is 0 Å². The van der Waals surface area contributed by atoms with Crippen LogP contribution in [0.4, 0.5) is 8.78 Å². The Labute approximate surface area is 114 Å². The fourth-order valence-electron chi connectivity index (χ4n) is 3.29. The summed E-state index contributed by atoms with van der Waals surface area (Å²) in [7, 11) is 0. The van der Waals surface area contributed by atoms with Crippen LogP contribution in [0.2, 0.25) is 0 Å². The zero-order valence-corrected chi connectivity index (χ0v) is 11.8. The van der Waals surface area contributed by atoms with Gasteiger partial charge < -0.3 is 0 Å². The highest BCUT2D eigenvalue weighted by molar-refractivity contribution is 5.28. The monoisotopic (exact) mass is 267 g/mol. The van der Waals surface area contributed by atoms with Crippen LogP contribution in [-0.2, 0) is 0 Å². The topological polar surface area (TPSA) is 12.9 Å². The van der Waals surface area contributed by atoms with E-state index in [0.717, 1.165) is 43.1 Å². The molecule has 0 bridgehead atoms. The van der Waals surface area contributed by atoms with Crippen molar-refractivity contribution in [2.24, 2.45) is 11.8 Å². The summed E-state index contributed by atoms with van der Waals surface area (Å²) in [6, 6.07) is 1.47. The van der Waals surface area contributed by atoms with Gasteiger partial charge in [0.25, 0.3) is 6.43 Å². The molecule has 2 rings (SSSR count). The van der Waals surface area contributed by atoms with E-state index in [0.29, 0.717) is 0 Å². The minimum Gasteiger partial charge on any atom is -0.264 e. The molecule has 1 nitrogen and oxygen atoms in total. The Bertz CT molecular complexity index is 397. The SMILES string of the molecule is CCC(C)C1CCC(c2cnccc2C(F)F)CC1. The van der Waals surface area contributed by atoms with Crippen LogP contribution < -0.4 is 0 Å². The van der Waals surface area contributed by atoms with E-state index in [1.165, 1.54) is 18.7 Å². The van der Waals surface area contributed by atoms with Crippen molar-refractivity contribution >= 4 is 0 Å². The molecule has 0 amide bonds. The van der Waals surface area contributed by atoms with Crippen LogP contribution in [0.5, 0.6) is 0 Å². The summed E-state index contributed by atoms with van der Waals surface area (Å²) in [6.45, 7) is 4.53. The number of hydrogen-bond donors (Lipinski definition) is 0. The standard InChI is InChI=1S/C16H23F2N/c1-3-11(2)12-4-6-13(7-5-12)15-10-19-9-8-14(15)16(17)18/h8-13,16H,3-7H2,1-2H3. The Hall–Kier alpha value is -0.990. The fourth-order valence-corrected chi connectivity index (χ4v) is 3.29. The summed E-state index contributed by atoms with van der Waals surface area (Å²) in [5.74, 6) is 1.80. The molecule has 1 fully saturated rings. The van der Waals surface area contributed by atoms with Gasteiger partial charge in [-0.2, -0.15) is 0 Å². The average molecular weight is 267 g/mol. The fraction of sp³-hybridized carbons (Fsp3) is 0.688. The third kappa shape index (κ3) is 3.31. The van der Waals surface area contributed by atoms with Crippen molar-refractivity contribution in [3.05, 3.63) is 29.6 Å². The van der Waals surface area contributed by atoms with Crippen LogP contribution in [0.1, 0.15) is 69.4 Å². The lowest BCUT2D eigenvalue weighted by Gasteiger charge is -2.32. The zero-order valence-electron chi connectivity index (χ0n) is 11.8. The molecule has 1 aromatic heterocycles. The zero-order chi connectivity index (χ0) is 13.8. The Morgan fingerprint density at radius 1 is 1.26 bits per heavy atom. The molecule has 0 saturated heterocycles. The van der Waals surface area contributed by atoms with Crippen molar-refractivity contribution in [3.8, 4) is 0 Å². The molecule has 1 unspecified atom stereocenters.